The van der Waals surface area contributed by atoms with Crippen molar-refractivity contribution in [3.8, 4) is 0 Å². The molecule has 0 spiro atoms. The quantitative estimate of drug-likeness (QED) is 0.882. The Kier molecular flexibility index (Phi) is 5.43. The molecule has 0 radical (unpaired) electrons. The zero-order valence-corrected chi connectivity index (χ0v) is 16.2. The maximum atomic E-state index is 12.9. The average molecular weight is 382 g/mol. The third-order valence-corrected chi connectivity index (χ3v) is 5.62. The summed E-state index contributed by atoms with van der Waals surface area (Å²) in [6.07, 6.45) is 5.48. The smallest absolute Gasteiger partial charge is 0.259 e. The predicted octanol–water partition coefficient (Wildman–Crippen LogP) is 3.03. The molecule has 0 atom stereocenters. The van der Waals surface area contributed by atoms with Crippen molar-refractivity contribution in [1.82, 2.24) is 14.7 Å². The molecule has 0 saturated carbocycles. The highest BCUT2D eigenvalue weighted by atomic mass is 16.5. The van der Waals surface area contributed by atoms with Gasteiger partial charge in [-0.3, -0.25) is 14.3 Å². The van der Waals surface area contributed by atoms with Crippen LogP contribution in [0.2, 0.25) is 0 Å². The molecule has 0 bridgehead atoms. The maximum absolute atomic E-state index is 12.9. The molecule has 0 aliphatic carbocycles. The highest BCUT2D eigenvalue weighted by molar-refractivity contribution is 6.09. The molecule has 1 aromatic heterocycles. The largest absolute Gasteiger partial charge is 0.381 e. The van der Waals surface area contributed by atoms with Crippen molar-refractivity contribution < 1.29 is 14.3 Å². The summed E-state index contributed by atoms with van der Waals surface area (Å²) in [5.74, 6) is -0.263. The number of nitrogens with zero attached hydrogens (tertiary/aromatic N) is 3. The van der Waals surface area contributed by atoms with Gasteiger partial charge in [-0.2, -0.15) is 5.10 Å². The summed E-state index contributed by atoms with van der Waals surface area (Å²) in [5.41, 5.74) is 2.46. The minimum Gasteiger partial charge on any atom is -0.381 e. The molecule has 2 aliphatic heterocycles. The topological polar surface area (TPSA) is 76.5 Å². The number of hydrogen-bond donors (Lipinski definition) is 1. The van der Waals surface area contributed by atoms with Crippen LogP contribution in [0.25, 0.3) is 0 Å². The number of hydrogen-bond acceptors (Lipinski definition) is 4. The number of amides is 2. The van der Waals surface area contributed by atoms with Crippen molar-refractivity contribution >= 4 is 17.5 Å². The van der Waals surface area contributed by atoms with Gasteiger partial charge in [-0.25, -0.2) is 0 Å². The molecule has 2 aromatic rings. The lowest BCUT2D eigenvalue weighted by Crippen LogP contribution is -2.28. The van der Waals surface area contributed by atoms with E-state index in [1.54, 1.807) is 18.3 Å². The van der Waals surface area contributed by atoms with E-state index < -0.39 is 0 Å². The first-order valence-electron chi connectivity index (χ1n) is 9.96. The van der Waals surface area contributed by atoms with Crippen LogP contribution in [0, 0.1) is 6.92 Å². The van der Waals surface area contributed by atoms with Gasteiger partial charge in [0.15, 0.2) is 0 Å². The van der Waals surface area contributed by atoms with E-state index in [9.17, 15) is 9.59 Å². The molecule has 2 amide bonds. The SMILES string of the molecule is Cc1c(C(=O)Nc2ccccc2C(=O)N2CCCC2)cnn1C1CCOCC1. The van der Waals surface area contributed by atoms with E-state index in [0.717, 1.165) is 57.7 Å². The fourth-order valence-corrected chi connectivity index (χ4v) is 4.00. The molecule has 148 valence electrons. The van der Waals surface area contributed by atoms with Gasteiger partial charge in [0.05, 0.1) is 29.1 Å². The number of rotatable bonds is 4. The third-order valence-electron chi connectivity index (χ3n) is 5.62. The van der Waals surface area contributed by atoms with E-state index in [4.69, 9.17) is 4.74 Å². The van der Waals surface area contributed by atoms with Gasteiger partial charge in [0.2, 0.25) is 0 Å². The standard InChI is InChI=1S/C21H26N4O3/c1-15-18(14-22-25(15)16-8-12-28-13-9-16)20(26)23-19-7-3-2-6-17(19)21(27)24-10-4-5-11-24/h2-3,6-7,14,16H,4-5,8-13H2,1H3,(H,23,26). The Morgan fingerprint density at radius 3 is 2.57 bits per heavy atom. The van der Waals surface area contributed by atoms with Crippen molar-refractivity contribution in [2.75, 3.05) is 31.6 Å². The monoisotopic (exact) mass is 382 g/mol. The van der Waals surface area contributed by atoms with Crippen LogP contribution in [0.5, 0.6) is 0 Å². The first kappa shape index (κ1) is 18.7. The normalized spacial score (nSPS) is 17.7. The molecule has 28 heavy (non-hydrogen) atoms. The van der Waals surface area contributed by atoms with Crippen LogP contribution in [0.3, 0.4) is 0 Å². The summed E-state index contributed by atoms with van der Waals surface area (Å²) in [5, 5.41) is 7.37. The second kappa shape index (κ2) is 8.14. The summed E-state index contributed by atoms with van der Waals surface area (Å²) in [7, 11) is 0. The van der Waals surface area contributed by atoms with Crippen LogP contribution in [-0.4, -0.2) is 52.8 Å². The van der Waals surface area contributed by atoms with Crippen molar-refractivity contribution in [3.05, 3.63) is 47.3 Å². The molecule has 2 saturated heterocycles. The van der Waals surface area contributed by atoms with Gasteiger partial charge in [-0.1, -0.05) is 12.1 Å². The summed E-state index contributed by atoms with van der Waals surface area (Å²) >= 11 is 0. The van der Waals surface area contributed by atoms with Gasteiger partial charge in [-0.15, -0.1) is 0 Å². The van der Waals surface area contributed by atoms with E-state index in [1.165, 1.54) is 0 Å². The number of carbonyl (C=O) groups excluding carboxylic acids is 2. The number of benzene rings is 1. The lowest BCUT2D eigenvalue weighted by molar-refractivity contribution is 0.0656. The van der Waals surface area contributed by atoms with Crippen molar-refractivity contribution in [1.29, 1.82) is 0 Å². The number of carbonyl (C=O) groups is 2. The Morgan fingerprint density at radius 1 is 1.11 bits per heavy atom. The minimum atomic E-state index is -0.238. The molecular weight excluding hydrogens is 356 g/mol. The molecule has 2 fully saturated rings. The summed E-state index contributed by atoms with van der Waals surface area (Å²) in [6.45, 7) is 4.91. The summed E-state index contributed by atoms with van der Waals surface area (Å²) in [6, 6.07) is 7.47. The van der Waals surface area contributed by atoms with E-state index in [1.807, 2.05) is 28.6 Å². The van der Waals surface area contributed by atoms with Gasteiger partial charge in [0.25, 0.3) is 11.8 Å². The summed E-state index contributed by atoms with van der Waals surface area (Å²) < 4.78 is 7.35. The van der Waals surface area contributed by atoms with Gasteiger partial charge < -0.3 is 15.0 Å². The zero-order valence-electron chi connectivity index (χ0n) is 16.2. The zero-order chi connectivity index (χ0) is 19.5. The molecule has 0 unspecified atom stereocenters. The Balaban J connectivity index is 1.53. The minimum absolute atomic E-state index is 0.0250. The van der Waals surface area contributed by atoms with Crippen LogP contribution >= 0.6 is 0 Å². The van der Waals surface area contributed by atoms with Crippen LogP contribution < -0.4 is 5.32 Å². The van der Waals surface area contributed by atoms with Crippen molar-refractivity contribution in [2.24, 2.45) is 0 Å². The Morgan fingerprint density at radius 2 is 1.82 bits per heavy atom. The van der Waals surface area contributed by atoms with Gasteiger partial charge >= 0.3 is 0 Å². The second-order valence-electron chi connectivity index (χ2n) is 7.43. The lowest BCUT2D eigenvalue weighted by atomic mass is 10.1. The van der Waals surface area contributed by atoms with Crippen molar-refractivity contribution in [2.45, 2.75) is 38.6 Å². The Bertz CT molecular complexity index is 864. The number of aromatic nitrogens is 2. The lowest BCUT2D eigenvalue weighted by Gasteiger charge is -2.23. The Labute approximate surface area is 164 Å². The second-order valence-corrected chi connectivity index (χ2v) is 7.43. The van der Waals surface area contributed by atoms with E-state index >= 15 is 0 Å². The van der Waals surface area contributed by atoms with E-state index in [2.05, 4.69) is 10.4 Å². The van der Waals surface area contributed by atoms with Crippen molar-refractivity contribution in [3.63, 3.8) is 0 Å². The highest BCUT2D eigenvalue weighted by Gasteiger charge is 2.25. The third kappa shape index (κ3) is 3.67. The van der Waals surface area contributed by atoms with Crippen LogP contribution in [0.15, 0.2) is 30.5 Å². The maximum Gasteiger partial charge on any atom is 0.259 e. The molecule has 2 aliphatic rings. The number of ether oxygens (including phenoxy) is 1. The fourth-order valence-electron chi connectivity index (χ4n) is 4.00. The first-order chi connectivity index (χ1) is 13.6. The molecule has 7 nitrogen and oxygen atoms in total. The number of likely N-dealkylation sites (tertiary alicyclic amines) is 1. The fraction of sp³-hybridized carbons (Fsp3) is 0.476. The number of anilines is 1. The first-order valence-corrected chi connectivity index (χ1v) is 9.96. The van der Waals surface area contributed by atoms with Gasteiger partial charge in [-0.05, 0) is 44.7 Å². The molecule has 3 heterocycles. The van der Waals surface area contributed by atoms with Gasteiger partial charge in [0.1, 0.15) is 0 Å². The molecule has 1 aromatic carbocycles. The predicted molar refractivity (Wildman–Crippen MR) is 106 cm³/mol. The van der Waals surface area contributed by atoms with Crippen LogP contribution in [0.4, 0.5) is 5.69 Å². The average Bonchev–Trinajstić information content (AvgIpc) is 3.38. The number of para-hydroxylation sites is 1. The summed E-state index contributed by atoms with van der Waals surface area (Å²) in [4.78, 5) is 27.6. The van der Waals surface area contributed by atoms with E-state index in [-0.39, 0.29) is 17.9 Å². The molecular formula is C21H26N4O3. The number of nitrogens with one attached hydrogen (secondary N) is 1. The van der Waals surface area contributed by atoms with Gasteiger partial charge in [0, 0.05) is 32.0 Å². The van der Waals surface area contributed by atoms with E-state index in [0.29, 0.717) is 16.8 Å². The molecule has 4 rings (SSSR count). The van der Waals surface area contributed by atoms with Crippen LogP contribution in [-0.2, 0) is 4.74 Å². The molecule has 1 N–H and O–H groups in total. The Hall–Kier alpha value is -2.67. The van der Waals surface area contributed by atoms with Crippen LogP contribution in [0.1, 0.15) is 58.1 Å². The molecule has 7 heteroatoms. The highest BCUT2D eigenvalue weighted by Crippen LogP contribution is 2.25.